The molecule has 1 aliphatic carbocycles. The molecular formula is C8H17NOS. The SMILES string of the molecule is CC(CCNC1CC1)S(C)=O. The van der Waals surface area contributed by atoms with Gasteiger partial charge in [0.25, 0.3) is 0 Å². The van der Waals surface area contributed by atoms with Crippen LogP contribution in [0.15, 0.2) is 0 Å². The Morgan fingerprint density at radius 1 is 1.64 bits per heavy atom. The molecule has 0 aromatic carbocycles. The van der Waals surface area contributed by atoms with Crippen LogP contribution in [0.1, 0.15) is 26.2 Å². The van der Waals surface area contributed by atoms with Gasteiger partial charge in [-0.1, -0.05) is 6.92 Å². The molecule has 1 rings (SSSR count). The predicted octanol–water partition coefficient (Wildman–Crippen LogP) is 0.896. The van der Waals surface area contributed by atoms with Crippen molar-refractivity contribution in [3.05, 3.63) is 0 Å². The third-order valence-electron chi connectivity index (χ3n) is 2.13. The summed E-state index contributed by atoms with van der Waals surface area (Å²) in [4.78, 5) is 0. The van der Waals surface area contributed by atoms with Crippen molar-refractivity contribution < 1.29 is 4.21 Å². The maximum absolute atomic E-state index is 10.9. The van der Waals surface area contributed by atoms with Gasteiger partial charge in [0.1, 0.15) is 0 Å². The van der Waals surface area contributed by atoms with Gasteiger partial charge >= 0.3 is 0 Å². The van der Waals surface area contributed by atoms with Crippen molar-refractivity contribution in [3.8, 4) is 0 Å². The minimum Gasteiger partial charge on any atom is -0.314 e. The summed E-state index contributed by atoms with van der Waals surface area (Å²) in [6.45, 7) is 3.08. The molecule has 2 atom stereocenters. The van der Waals surface area contributed by atoms with Crippen molar-refractivity contribution >= 4 is 10.8 Å². The third kappa shape index (κ3) is 3.87. The van der Waals surface area contributed by atoms with E-state index in [1.807, 2.05) is 6.92 Å². The van der Waals surface area contributed by atoms with Crippen molar-refractivity contribution in [1.82, 2.24) is 5.32 Å². The Morgan fingerprint density at radius 2 is 2.27 bits per heavy atom. The van der Waals surface area contributed by atoms with Crippen LogP contribution in [0.3, 0.4) is 0 Å². The fourth-order valence-electron chi connectivity index (χ4n) is 0.944. The first-order valence-corrected chi connectivity index (χ1v) is 5.88. The first-order valence-electron chi connectivity index (χ1n) is 4.25. The lowest BCUT2D eigenvalue weighted by molar-refractivity contribution is 0.626. The normalized spacial score (nSPS) is 23.1. The molecule has 1 aliphatic rings. The van der Waals surface area contributed by atoms with E-state index in [9.17, 15) is 4.21 Å². The first kappa shape index (κ1) is 9.20. The summed E-state index contributed by atoms with van der Waals surface area (Å²) in [6, 6.07) is 0.785. The minimum atomic E-state index is -0.645. The summed E-state index contributed by atoms with van der Waals surface area (Å²) in [5.74, 6) is 0. The Bertz CT molecular complexity index is 145. The molecule has 0 saturated heterocycles. The summed E-state index contributed by atoms with van der Waals surface area (Å²) in [5.41, 5.74) is 0. The second kappa shape index (κ2) is 4.21. The molecule has 3 heteroatoms. The van der Waals surface area contributed by atoms with Gasteiger partial charge < -0.3 is 5.32 Å². The van der Waals surface area contributed by atoms with Crippen LogP contribution in [-0.4, -0.2) is 28.3 Å². The van der Waals surface area contributed by atoms with Crippen molar-refractivity contribution in [1.29, 1.82) is 0 Å². The van der Waals surface area contributed by atoms with Gasteiger partial charge in [-0.25, -0.2) is 0 Å². The fraction of sp³-hybridized carbons (Fsp3) is 1.00. The Morgan fingerprint density at radius 3 is 2.73 bits per heavy atom. The maximum atomic E-state index is 10.9. The fourth-order valence-corrected chi connectivity index (χ4v) is 1.39. The lowest BCUT2D eigenvalue weighted by Gasteiger charge is -2.07. The van der Waals surface area contributed by atoms with Gasteiger partial charge in [-0.3, -0.25) is 4.21 Å². The molecule has 1 N–H and O–H groups in total. The van der Waals surface area contributed by atoms with E-state index >= 15 is 0 Å². The molecule has 2 unspecified atom stereocenters. The molecule has 0 aromatic heterocycles. The third-order valence-corrected chi connectivity index (χ3v) is 3.50. The first-order chi connectivity index (χ1) is 5.20. The molecule has 0 heterocycles. The Balaban J connectivity index is 1.96. The highest BCUT2D eigenvalue weighted by Crippen LogP contribution is 2.18. The summed E-state index contributed by atoms with van der Waals surface area (Å²) in [7, 11) is -0.645. The molecule has 0 aromatic rings. The molecule has 0 radical (unpaired) electrons. The quantitative estimate of drug-likeness (QED) is 0.672. The zero-order valence-corrected chi connectivity index (χ0v) is 8.12. The van der Waals surface area contributed by atoms with Crippen LogP contribution in [-0.2, 0) is 10.8 Å². The summed E-state index contributed by atoms with van der Waals surface area (Å²) in [5, 5.41) is 3.76. The molecule has 1 saturated carbocycles. The Kier molecular flexibility index (Phi) is 3.52. The van der Waals surface area contributed by atoms with Crippen LogP contribution < -0.4 is 5.32 Å². The second-order valence-electron chi connectivity index (χ2n) is 3.33. The molecule has 0 bridgehead atoms. The average Bonchev–Trinajstić information content (AvgIpc) is 2.71. The summed E-state index contributed by atoms with van der Waals surface area (Å²) in [6.07, 6.45) is 5.49. The Hall–Kier alpha value is 0.110. The molecular weight excluding hydrogens is 158 g/mol. The zero-order chi connectivity index (χ0) is 8.27. The van der Waals surface area contributed by atoms with Crippen LogP contribution in [0.2, 0.25) is 0 Å². The highest BCUT2D eigenvalue weighted by atomic mass is 32.2. The van der Waals surface area contributed by atoms with E-state index in [-0.39, 0.29) is 0 Å². The highest BCUT2D eigenvalue weighted by molar-refractivity contribution is 7.84. The van der Waals surface area contributed by atoms with E-state index in [1.165, 1.54) is 12.8 Å². The average molecular weight is 175 g/mol. The topological polar surface area (TPSA) is 29.1 Å². The molecule has 2 nitrogen and oxygen atoms in total. The van der Waals surface area contributed by atoms with E-state index in [0.717, 1.165) is 19.0 Å². The summed E-state index contributed by atoms with van der Waals surface area (Å²) >= 11 is 0. The monoisotopic (exact) mass is 175 g/mol. The van der Waals surface area contributed by atoms with Crippen molar-refractivity contribution in [3.63, 3.8) is 0 Å². The van der Waals surface area contributed by atoms with Gasteiger partial charge in [-0.2, -0.15) is 0 Å². The van der Waals surface area contributed by atoms with Gasteiger partial charge in [0.15, 0.2) is 0 Å². The largest absolute Gasteiger partial charge is 0.314 e. The van der Waals surface area contributed by atoms with Gasteiger partial charge in [-0.05, 0) is 25.8 Å². The van der Waals surface area contributed by atoms with Crippen molar-refractivity contribution in [2.24, 2.45) is 0 Å². The Labute approximate surface area is 71.2 Å². The number of hydrogen-bond acceptors (Lipinski definition) is 2. The van der Waals surface area contributed by atoms with E-state index < -0.39 is 10.8 Å². The lowest BCUT2D eigenvalue weighted by Crippen LogP contribution is -2.22. The molecule has 0 amide bonds. The molecule has 11 heavy (non-hydrogen) atoms. The number of hydrogen-bond donors (Lipinski definition) is 1. The van der Waals surface area contributed by atoms with Crippen LogP contribution >= 0.6 is 0 Å². The number of nitrogens with one attached hydrogen (secondary N) is 1. The van der Waals surface area contributed by atoms with Crippen LogP contribution in [0.5, 0.6) is 0 Å². The maximum Gasteiger partial charge on any atom is 0.0329 e. The van der Waals surface area contributed by atoms with Crippen molar-refractivity contribution in [2.45, 2.75) is 37.5 Å². The standard InChI is InChI=1S/C8H17NOS/c1-7(11(2)10)5-6-9-8-3-4-8/h7-9H,3-6H2,1-2H3. The highest BCUT2D eigenvalue weighted by Gasteiger charge is 2.20. The van der Waals surface area contributed by atoms with Gasteiger partial charge in [-0.15, -0.1) is 0 Å². The van der Waals surface area contributed by atoms with Gasteiger partial charge in [0.05, 0.1) is 0 Å². The zero-order valence-electron chi connectivity index (χ0n) is 7.30. The predicted molar refractivity (Wildman–Crippen MR) is 49.2 cm³/mol. The molecule has 1 fully saturated rings. The number of rotatable bonds is 5. The van der Waals surface area contributed by atoms with E-state index in [0.29, 0.717) is 5.25 Å². The molecule has 0 aliphatic heterocycles. The van der Waals surface area contributed by atoms with E-state index in [1.54, 1.807) is 6.26 Å². The van der Waals surface area contributed by atoms with Gasteiger partial charge in [0, 0.05) is 28.3 Å². The van der Waals surface area contributed by atoms with Crippen LogP contribution in [0.4, 0.5) is 0 Å². The minimum absolute atomic E-state index is 0.348. The summed E-state index contributed by atoms with van der Waals surface area (Å²) < 4.78 is 10.9. The van der Waals surface area contributed by atoms with E-state index in [2.05, 4.69) is 5.32 Å². The van der Waals surface area contributed by atoms with Crippen molar-refractivity contribution in [2.75, 3.05) is 12.8 Å². The second-order valence-corrected chi connectivity index (χ2v) is 5.13. The lowest BCUT2D eigenvalue weighted by atomic mass is 10.3. The van der Waals surface area contributed by atoms with E-state index in [4.69, 9.17) is 0 Å². The molecule has 0 spiro atoms. The van der Waals surface area contributed by atoms with Crippen LogP contribution in [0, 0.1) is 0 Å². The van der Waals surface area contributed by atoms with Gasteiger partial charge in [0.2, 0.25) is 0 Å². The molecule has 66 valence electrons. The smallest absolute Gasteiger partial charge is 0.0329 e. The van der Waals surface area contributed by atoms with Crippen LogP contribution in [0.25, 0.3) is 0 Å².